The predicted molar refractivity (Wildman–Crippen MR) is 32.7 cm³/mol. The molecule has 0 atom stereocenters. The minimum absolute atomic E-state index is 0. The zero-order valence-electron chi connectivity index (χ0n) is 5.09. The molecule has 1 aromatic rings. The molecule has 0 spiro atoms. The average molecular weight is 115 g/mol. The van der Waals surface area contributed by atoms with Crippen LogP contribution < -0.4 is 0 Å². The second kappa shape index (κ2) is 2.50. The van der Waals surface area contributed by atoms with E-state index in [2.05, 4.69) is 17.6 Å². The van der Waals surface area contributed by atoms with Crippen LogP contribution in [0.4, 0.5) is 4.70 Å². The minimum Gasteiger partial charge on any atom is -0.355 e. The van der Waals surface area contributed by atoms with Crippen LogP contribution in [0.2, 0.25) is 0 Å². The number of aromatic nitrogens is 1. The number of hydrogen-bond donors (Lipinski definition) is 0. The molecule has 0 aliphatic heterocycles. The van der Waals surface area contributed by atoms with E-state index in [-0.39, 0.29) is 4.70 Å². The molecule has 0 fully saturated rings. The van der Waals surface area contributed by atoms with E-state index in [0.717, 1.165) is 0 Å². The van der Waals surface area contributed by atoms with Crippen molar-refractivity contribution in [2.24, 2.45) is 7.05 Å². The Morgan fingerprint density at radius 3 is 2.25 bits per heavy atom. The number of nitrogens with zero attached hydrogens (tertiary/aromatic N) is 1. The highest BCUT2D eigenvalue weighted by Crippen LogP contribution is 1.93. The average Bonchev–Trinajstić information content (AvgIpc) is 1.91. The minimum atomic E-state index is 0. The molecule has 1 aromatic heterocycles. The third kappa shape index (κ3) is 1.09. The Hall–Kier alpha value is -0.790. The van der Waals surface area contributed by atoms with Crippen LogP contribution in [0.15, 0.2) is 18.3 Å². The topological polar surface area (TPSA) is 4.93 Å². The van der Waals surface area contributed by atoms with Gasteiger partial charge in [-0.15, -0.1) is 0 Å². The van der Waals surface area contributed by atoms with Crippen LogP contribution >= 0.6 is 0 Å². The van der Waals surface area contributed by atoms with Crippen LogP contribution in [-0.4, -0.2) is 4.57 Å². The van der Waals surface area contributed by atoms with Crippen molar-refractivity contribution in [3.05, 3.63) is 24.0 Å². The third-order valence-corrected chi connectivity index (χ3v) is 1.20. The van der Waals surface area contributed by atoms with Crippen LogP contribution in [0.1, 0.15) is 5.69 Å². The summed E-state index contributed by atoms with van der Waals surface area (Å²) < 4.78 is 2.08. The maximum absolute atomic E-state index is 2.08. The highest BCUT2D eigenvalue weighted by atomic mass is 19.0. The normalized spacial score (nSPS) is 8.25. The molecule has 0 aliphatic carbocycles. The first-order chi connectivity index (χ1) is 3.30. The maximum atomic E-state index is 2.08. The predicted octanol–water partition coefficient (Wildman–Crippen LogP) is 1.49. The zero-order valence-corrected chi connectivity index (χ0v) is 5.09. The molecule has 0 unspecified atom stereocenters. The van der Waals surface area contributed by atoms with Crippen molar-refractivity contribution in [3.8, 4) is 0 Å². The number of halogens is 1. The van der Waals surface area contributed by atoms with Gasteiger partial charge in [-0.25, -0.2) is 0 Å². The van der Waals surface area contributed by atoms with Gasteiger partial charge < -0.3 is 4.57 Å². The molecule has 0 amide bonds. The fraction of sp³-hybridized carbons (Fsp3) is 0.333. The van der Waals surface area contributed by atoms with Crippen molar-refractivity contribution < 1.29 is 4.70 Å². The van der Waals surface area contributed by atoms with Crippen molar-refractivity contribution in [3.63, 3.8) is 0 Å². The summed E-state index contributed by atoms with van der Waals surface area (Å²) in [6.07, 6.45) is 2.04. The Morgan fingerprint density at radius 2 is 2.12 bits per heavy atom. The lowest BCUT2D eigenvalue weighted by Gasteiger charge is -1.89. The molecule has 46 valence electrons. The molecule has 0 aromatic carbocycles. The van der Waals surface area contributed by atoms with Gasteiger partial charge in [-0.05, 0) is 19.1 Å². The molecule has 0 N–H and O–H groups in total. The largest absolute Gasteiger partial charge is 0.355 e. The van der Waals surface area contributed by atoms with Gasteiger partial charge in [0.25, 0.3) is 0 Å². The summed E-state index contributed by atoms with van der Waals surface area (Å²) in [6, 6.07) is 4.12. The van der Waals surface area contributed by atoms with Gasteiger partial charge in [-0.2, -0.15) is 0 Å². The molecular weight excluding hydrogens is 105 g/mol. The van der Waals surface area contributed by atoms with Gasteiger partial charge in [0.05, 0.1) is 0 Å². The van der Waals surface area contributed by atoms with E-state index < -0.39 is 0 Å². The van der Waals surface area contributed by atoms with Gasteiger partial charge >= 0.3 is 0 Å². The lowest BCUT2D eigenvalue weighted by atomic mass is 10.5. The smallest absolute Gasteiger partial charge is 0.0140 e. The lowest BCUT2D eigenvalue weighted by molar-refractivity contribution is 0.882. The van der Waals surface area contributed by atoms with E-state index >= 15 is 0 Å². The molecule has 0 radical (unpaired) electrons. The summed E-state index contributed by atoms with van der Waals surface area (Å²) in [5.41, 5.74) is 1.31. The molecule has 0 bridgehead atoms. The highest BCUT2D eigenvalue weighted by molar-refractivity contribution is 5.02. The molecule has 8 heavy (non-hydrogen) atoms. The SMILES string of the molecule is Cc1cccn1C.F. The number of hydrogen-bond acceptors (Lipinski definition) is 0. The summed E-state index contributed by atoms with van der Waals surface area (Å²) in [6.45, 7) is 2.08. The van der Waals surface area contributed by atoms with Gasteiger partial charge in [0.2, 0.25) is 0 Å². The van der Waals surface area contributed by atoms with E-state index in [1.165, 1.54) is 5.69 Å². The van der Waals surface area contributed by atoms with E-state index in [0.29, 0.717) is 0 Å². The van der Waals surface area contributed by atoms with Crippen LogP contribution in [0.3, 0.4) is 0 Å². The first-order valence-corrected chi connectivity index (χ1v) is 2.38. The van der Waals surface area contributed by atoms with E-state index in [4.69, 9.17) is 0 Å². The van der Waals surface area contributed by atoms with Crippen molar-refractivity contribution in [2.45, 2.75) is 6.92 Å². The summed E-state index contributed by atoms with van der Waals surface area (Å²) in [7, 11) is 2.04. The maximum Gasteiger partial charge on any atom is 0.0140 e. The monoisotopic (exact) mass is 115 g/mol. The lowest BCUT2D eigenvalue weighted by Crippen LogP contribution is -1.84. The van der Waals surface area contributed by atoms with Gasteiger partial charge in [0.1, 0.15) is 0 Å². The van der Waals surface area contributed by atoms with Crippen molar-refractivity contribution in [2.75, 3.05) is 0 Å². The number of rotatable bonds is 0. The molecule has 1 nitrogen and oxygen atoms in total. The van der Waals surface area contributed by atoms with Crippen LogP contribution in [-0.2, 0) is 7.05 Å². The Morgan fingerprint density at radius 1 is 1.50 bits per heavy atom. The zero-order chi connectivity index (χ0) is 5.28. The van der Waals surface area contributed by atoms with E-state index in [9.17, 15) is 0 Å². The first kappa shape index (κ1) is 7.21. The van der Waals surface area contributed by atoms with Gasteiger partial charge in [-0.1, -0.05) is 0 Å². The van der Waals surface area contributed by atoms with E-state index in [1.807, 2.05) is 19.3 Å². The first-order valence-electron chi connectivity index (χ1n) is 2.38. The van der Waals surface area contributed by atoms with Crippen LogP contribution in [0.25, 0.3) is 0 Å². The van der Waals surface area contributed by atoms with Gasteiger partial charge in [0.15, 0.2) is 0 Å². The third-order valence-electron chi connectivity index (χ3n) is 1.20. The van der Waals surface area contributed by atoms with Crippen LogP contribution in [0.5, 0.6) is 0 Å². The molecule has 0 aliphatic rings. The molecule has 0 saturated carbocycles. The Bertz CT molecular complexity index is 141. The fourth-order valence-corrected chi connectivity index (χ4v) is 0.547. The molecule has 1 rings (SSSR count). The van der Waals surface area contributed by atoms with E-state index in [1.54, 1.807) is 0 Å². The number of aryl methyl sites for hydroxylation is 2. The summed E-state index contributed by atoms with van der Waals surface area (Å²) >= 11 is 0. The Labute approximate surface area is 48.3 Å². The standard InChI is InChI=1S/C6H9N.FH/c1-6-4-3-5-7(6)2;/h3-5H,1-2H3;1H. The molecule has 1 heterocycles. The summed E-state index contributed by atoms with van der Waals surface area (Å²) in [4.78, 5) is 0. The van der Waals surface area contributed by atoms with Crippen molar-refractivity contribution in [1.29, 1.82) is 0 Å². The second-order valence-electron chi connectivity index (χ2n) is 1.76. The Kier molecular flexibility index (Phi) is 2.25. The molecular formula is C6H10FN. The molecule has 2 heteroatoms. The van der Waals surface area contributed by atoms with Crippen LogP contribution in [0, 0.1) is 6.92 Å². The quantitative estimate of drug-likeness (QED) is 0.482. The highest BCUT2D eigenvalue weighted by Gasteiger charge is 1.81. The second-order valence-corrected chi connectivity index (χ2v) is 1.76. The fourth-order valence-electron chi connectivity index (χ4n) is 0.547. The Balaban J connectivity index is 0.000000490. The van der Waals surface area contributed by atoms with Crippen molar-refractivity contribution in [1.82, 2.24) is 4.57 Å². The van der Waals surface area contributed by atoms with Crippen molar-refractivity contribution >= 4 is 0 Å². The van der Waals surface area contributed by atoms with Gasteiger partial charge in [0, 0.05) is 18.9 Å². The van der Waals surface area contributed by atoms with Gasteiger partial charge in [-0.3, -0.25) is 4.70 Å². The summed E-state index contributed by atoms with van der Waals surface area (Å²) in [5.74, 6) is 0. The summed E-state index contributed by atoms with van der Waals surface area (Å²) in [5, 5.41) is 0. The molecule has 0 saturated heterocycles.